The lowest BCUT2D eigenvalue weighted by Crippen LogP contribution is -2.60. The monoisotopic (exact) mass is 743 g/mol. The minimum Gasteiger partial charge on any atom is -0.481 e. The normalized spacial score (nSPS) is 15.6. The lowest BCUT2D eigenvalue weighted by molar-refractivity contribution is -0.144. The van der Waals surface area contributed by atoms with Crippen LogP contribution in [0.4, 0.5) is 0 Å². The fourth-order valence-corrected chi connectivity index (χ4v) is 4.87. The number of rotatable bonds is 27. The number of amides is 7. The van der Waals surface area contributed by atoms with Crippen molar-refractivity contribution in [1.82, 2.24) is 26.6 Å². The van der Waals surface area contributed by atoms with Gasteiger partial charge in [-0.15, -0.1) is 0 Å². The van der Waals surface area contributed by atoms with Gasteiger partial charge >= 0.3 is 11.9 Å². The van der Waals surface area contributed by atoms with Gasteiger partial charge in [-0.25, -0.2) is 4.79 Å². The summed E-state index contributed by atoms with van der Waals surface area (Å²) in [5.41, 5.74) is 21.7. The Labute approximate surface area is 302 Å². The van der Waals surface area contributed by atoms with Gasteiger partial charge in [0.15, 0.2) is 0 Å². The van der Waals surface area contributed by atoms with Crippen LogP contribution in [0.2, 0.25) is 0 Å². The number of carboxylic acid groups (broad SMARTS) is 2. The number of carboxylic acids is 2. The van der Waals surface area contributed by atoms with Crippen LogP contribution in [-0.2, 0) is 43.2 Å². The molecule has 0 fully saturated rings. The maximum atomic E-state index is 13.7. The minimum atomic E-state index is -1.50. The Balaban J connectivity index is 6.38. The summed E-state index contributed by atoms with van der Waals surface area (Å²) in [6.07, 6.45) is -0.673. The Kier molecular flexibility index (Phi) is 22.1. The van der Waals surface area contributed by atoms with Gasteiger partial charge in [0.25, 0.3) is 0 Å². The molecule has 20 nitrogen and oxygen atoms in total. The van der Waals surface area contributed by atoms with Crippen LogP contribution in [0.1, 0.15) is 91.9 Å². The summed E-state index contributed by atoms with van der Waals surface area (Å²) < 4.78 is 0. The number of nitrogens with two attached hydrogens (primary N) is 4. The number of unbranched alkanes of at least 4 members (excludes halogenated alkanes) is 1. The molecule has 20 heteroatoms. The SMILES string of the molecule is CCC(C)[C@H](NC(=O)[C@H](CCC(=O)O)NC(=O)[C@H](CCCCN)NC(=O)[C@H](CCC(N)=O)NC(=O)[C@@H](NC(=O)C(N)CC(N)=O)C(C)CC)C(=O)O. The smallest absolute Gasteiger partial charge is 0.326 e. The largest absolute Gasteiger partial charge is 0.481 e. The molecule has 0 aromatic carbocycles. The molecular weight excluding hydrogens is 686 g/mol. The van der Waals surface area contributed by atoms with Gasteiger partial charge in [-0.1, -0.05) is 40.5 Å². The summed E-state index contributed by atoms with van der Waals surface area (Å²) in [6.45, 7) is 6.92. The van der Waals surface area contributed by atoms with Gasteiger partial charge in [-0.3, -0.25) is 38.4 Å². The molecule has 0 saturated heterocycles. The molecule has 0 heterocycles. The Morgan fingerprint density at radius 1 is 0.577 bits per heavy atom. The first kappa shape index (κ1) is 47.1. The molecule has 52 heavy (non-hydrogen) atoms. The number of aliphatic carboxylic acids is 2. The van der Waals surface area contributed by atoms with Crippen LogP contribution in [0.25, 0.3) is 0 Å². The quantitative estimate of drug-likeness (QED) is 0.0375. The molecule has 0 bridgehead atoms. The second-order valence-corrected chi connectivity index (χ2v) is 12.8. The molecule has 7 amide bonds. The van der Waals surface area contributed by atoms with Gasteiger partial charge in [0.1, 0.15) is 30.2 Å². The van der Waals surface area contributed by atoms with E-state index in [2.05, 4.69) is 26.6 Å². The molecule has 0 aromatic rings. The van der Waals surface area contributed by atoms with Crippen molar-refractivity contribution in [2.75, 3.05) is 6.54 Å². The van der Waals surface area contributed by atoms with Gasteiger partial charge < -0.3 is 59.7 Å². The zero-order chi connectivity index (χ0) is 40.1. The number of carbonyl (C=O) groups excluding carboxylic acids is 7. The average molecular weight is 744 g/mol. The van der Waals surface area contributed by atoms with Crippen LogP contribution < -0.4 is 49.5 Å². The summed E-state index contributed by atoms with van der Waals surface area (Å²) in [5.74, 6) is -9.77. The van der Waals surface area contributed by atoms with E-state index in [1.165, 1.54) is 0 Å². The van der Waals surface area contributed by atoms with E-state index in [-0.39, 0.29) is 25.8 Å². The van der Waals surface area contributed by atoms with E-state index in [4.69, 9.17) is 22.9 Å². The fraction of sp³-hybridized carbons (Fsp3) is 0.719. The summed E-state index contributed by atoms with van der Waals surface area (Å²) in [5, 5.41) is 31.1. The molecule has 296 valence electrons. The second-order valence-electron chi connectivity index (χ2n) is 12.8. The highest BCUT2D eigenvalue weighted by Gasteiger charge is 2.35. The second kappa shape index (κ2) is 24.4. The number of primary amides is 2. The third-order valence-corrected chi connectivity index (χ3v) is 8.50. The Bertz CT molecular complexity index is 1270. The van der Waals surface area contributed by atoms with E-state index in [9.17, 15) is 53.4 Å². The van der Waals surface area contributed by atoms with E-state index >= 15 is 0 Å². The molecule has 0 rings (SSSR count). The molecule has 3 unspecified atom stereocenters. The molecule has 8 atom stereocenters. The zero-order valence-electron chi connectivity index (χ0n) is 30.3. The Morgan fingerprint density at radius 3 is 1.46 bits per heavy atom. The van der Waals surface area contributed by atoms with E-state index in [1.807, 2.05) is 0 Å². The molecular formula is C32H57N9O11. The predicted octanol–water partition coefficient (Wildman–Crippen LogP) is -2.95. The van der Waals surface area contributed by atoms with Crippen LogP contribution in [0, 0.1) is 11.8 Å². The van der Waals surface area contributed by atoms with Crippen LogP contribution in [-0.4, -0.2) is 106 Å². The van der Waals surface area contributed by atoms with E-state index in [1.54, 1.807) is 27.7 Å². The standard InChI is InChI=1S/C32H57N9O11/c1-5-16(3)25(40-27(46)18(34)15-23(36)43)31(50)39-20(10-12-22(35)42)29(48)37-19(9-7-8-14-33)28(47)38-21(11-13-24(44)45)30(49)41-26(32(51)52)17(4)6-2/h16-21,25-26H,5-15,33-34H2,1-4H3,(H2,35,42)(H2,36,43)(H,37,48)(H,38,47)(H,39,50)(H,40,46)(H,41,49)(H,44,45)(H,51,52)/t16?,17?,18?,19-,20-,21-,25-,26-/m0/s1. The van der Waals surface area contributed by atoms with Crippen molar-refractivity contribution in [3.8, 4) is 0 Å². The Hall–Kier alpha value is -4.85. The first-order valence-electron chi connectivity index (χ1n) is 17.3. The van der Waals surface area contributed by atoms with Crippen molar-refractivity contribution in [3.63, 3.8) is 0 Å². The van der Waals surface area contributed by atoms with Crippen molar-refractivity contribution in [3.05, 3.63) is 0 Å². The van der Waals surface area contributed by atoms with Crippen LogP contribution >= 0.6 is 0 Å². The first-order valence-corrected chi connectivity index (χ1v) is 17.3. The topological polar surface area (TPSA) is 358 Å². The van der Waals surface area contributed by atoms with Crippen molar-refractivity contribution >= 4 is 53.3 Å². The molecule has 0 aliphatic carbocycles. The van der Waals surface area contributed by atoms with Crippen molar-refractivity contribution < 1.29 is 53.4 Å². The summed E-state index contributed by atoms with van der Waals surface area (Å²) in [4.78, 5) is 113. The number of hydrogen-bond donors (Lipinski definition) is 11. The summed E-state index contributed by atoms with van der Waals surface area (Å²) in [6, 6.07) is -8.28. The molecule has 0 spiro atoms. The highest BCUT2D eigenvalue weighted by Crippen LogP contribution is 2.12. The Morgan fingerprint density at radius 2 is 1.02 bits per heavy atom. The number of hydrogen-bond acceptors (Lipinski definition) is 11. The van der Waals surface area contributed by atoms with Crippen molar-refractivity contribution in [1.29, 1.82) is 0 Å². The predicted molar refractivity (Wildman–Crippen MR) is 186 cm³/mol. The zero-order valence-corrected chi connectivity index (χ0v) is 30.3. The third kappa shape index (κ3) is 17.9. The summed E-state index contributed by atoms with van der Waals surface area (Å²) in [7, 11) is 0. The first-order chi connectivity index (χ1) is 24.3. The summed E-state index contributed by atoms with van der Waals surface area (Å²) >= 11 is 0. The molecule has 0 aliphatic rings. The van der Waals surface area contributed by atoms with Gasteiger partial charge in [-0.05, 0) is 50.5 Å². The van der Waals surface area contributed by atoms with E-state index in [0.29, 0.717) is 25.7 Å². The molecule has 0 radical (unpaired) electrons. The molecule has 0 saturated carbocycles. The average Bonchev–Trinajstić information content (AvgIpc) is 3.07. The highest BCUT2D eigenvalue weighted by molar-refractivity contribution is 5.97. The van der Waals surface area contributed by atoms with Gasteiger partial charge in [0.2, 0.25) is 41.4 Å². The molecule has 0 aromatic heterocycles. The maximum absolute atomic E-state index is 13.7. The molecule has 0 aliphatic heterocycles. The number of carbonyl (C=O) groups is 9. The highest BCUT2D eigenvalue weighted by atomic mass is 16.4. The third-order valence-electron chi connectivity index (χ3n) is 8.50. The lowest BCUT2D eigenvalue weighted by Gasteiger charge is -2.29. The van der Waals surface area contributed by atoms with Crippen LogP contribution in [0.3, 0.4) is 0 Å². The minimum absolute atomic E-state index is 0.0214. The molecule has 15 N–H and O–H groups in total. The maximum Gasteiger partial charge on any atom is 0.326 e. The van der Waals surface area contributed by atoms with Crippen LogP contribution in [0.15, 0.2) is 0 Å². The van der Waals surface area contributed by atoms with Crippen molar-refractivity contribution in [2.45, 2.75) is 128 Å². The fourth-order valence-electron chi connectivity index (χ4n) is 4.87. The van der Waals surface area contributed by atoms with Crippen molar-refractivity contribution in [2.24, 2.45) is 34.8 Å². The van der Waals surface area contributed by atoms with E-state index in [0.717, 1.165) is 0 Å². The van der Waals surface area contributed by atoms with Gasteiger partial charge in [0, 0.05) is 12.8 Å². The van der Waals surface area contributed by atoms with E-state index < -0.39 is 121 Å². The van der Waals surface area contributed by atoms with Gasteiger partial charge in [0.05, 0.1) is 12.5 Å². The number of nitrogens with one attached hydrogen (secondary N) is 5. The van der Waals surface area contributed by atoms with Gasteiger partial charge in [-0.2, -0.15) is 0 Å². The van der Waals surface area contributed by atoms with Crippen LogP contribution in [0.5, 0.6) is 0 Å². The lowest BCUT2D eigenvalue weighted by atomic mass is 9.96.